The van der Waals surface area contributed by atoms with Crippen molar-refractivity contribution in [3.05, 3.63) is 34.9 Å². The van der Waals surface area contributed by atoms with Crippen LogP contribution in [0.15, 0.2) is 12.6 Å². The molecule has 0 saturated carbocycles. The van der Waals surface area contributed by atoms with Crippen LogP contribution in [0.5, 0.6) is 0 Å². The Bertz CT molecular complexity index is 541. The normalized spacial score (nSPS) is 21.5. The third kappa shape index (κ3) is 2.88. The molecule has 1 nitrogen and oxygen atoms in total. The highest BCUT2D eigenvalue weighted by molar-refractivity contribution is 5.80. The highest BCUT2D eigenvalue weighted by Crippen LogP contribution is 2.38. The summed E-state index contributed by atoms with van der Waals surface area (Å²) in [5.41, 5.74) is 8.86. The van der Waals surface area contributed by atoms with Gasteiger partial charge in [-0.05, 0) is 73.6 Å². The minimum Gasteiger partial charge on any atom is -0.384 e. The maximum atomic E-state index is 4.29. The highest BCUT2D eigenvalue weighted by atomic mass is 14.9. The fourth-order valence-electron chi connectivity index (χ4n) is 4.19. The minimum absolute atomic E-state index is 0.917. The van der Waals surface area contributed by atoms with E-state index in [-0.39, 0.29) is 0 Å². The first kappa shape index (κ1) is 14.7. The van der Waals surface area contributed by atoms with Crippen molar-refractivity contribution in [2.75, 3.05) is 11.9 Å². The summed E-state index contributed by atoms with van der Waals surface area (Å²) < 4.78 is 0. The number of hydrogen-bond donors (Lipinski definition) is 1. The van der Waals surface area contributed by atoms with E-state index in [1.54, 1.807) is 11.1 Å². The van der Waals surface area contributed by atoms with Crippen LogP contribution in [-0.4, -0.2) is 6.54 Å². The molecule has 21 heavy (non-hydrogen) atoms. The van der Waals surface area contributed by atoms with Gasteiger partial charge in [0.25, 0.3) is 0 Å². The van der Waals surface area contributed by atoms with Crippen molar-refractivity contribution in [2.45, 2.75) is 65.2 Å². The van der Waals surface area contributed by atoms with Crippen molar-refractivity contribution in [1.29, 1.82) is 0 Å². The van der Waals surface area contributed by atoms with E-state index in [0.717, 1.165) is 12.5 Å². The van der Waals surface area contributed by atoms with Crippen LogP contribution in [0.1, 0.15) is 68.2 Å². The molecule has 1 aromatic carbocycles. The molecule has 1 aliphatic heterocycles. The SMILES string of the molecule is C=C(C)c1c2c(cc3c1NCCC3)CCCC(CC)CC2. The summed E-state index contributed by atoms with van der Waals surface area (Å²) in [6, 6.07) is 2.51. The van der Waals surface area contributed by atoms with E-state index in [2.05, 4.69) is 31.8 Å². The molecule has 0 saturated heterocycles. The molecule has 114 valence electrons. The smallest absolute Gasteiger partial charge is 0.0451 e. The van der Waals surface area contributed by atoms with Crippen LogP contribution in [0.25, 0.3) is 5.57 Å². The molecule has 3 rings (SSSR count). The van der Waals surface area contributed by atoms with Crippen LogP contribution in [0.3, 0.4) is 0 Å². The monoisotopic (exact) mass is 283 g/mol. The van der Waals surface area contributed by atoms with Gasteiger partial charge >= 0.3 is 0 Å². The summed E-state index contributed by atoms with van der Waals surface area (Å²) in [5, 5.41) is 3.66. The third-order valence-electron chi connectivity index (χ3n) is 5.40. The summed E-state index contributed by atoms with van der Waals surface area (Å²) in [4.78, 5) is 0. The molecule has 1 heteroatoms. The van der Waals surface area contributed by atoms with Crippen molar-refractivity contribution in [3.8, 4) is 0 Å². The van der Waals surface area contributed by atoms with E-state index >= 15 is 0 Å². The molecule has 1 N–H and O–H groups in total. The molecular weight excluding hydrogens is 254 g/mol. The molecule has 2 aliphatic rings. The lowest BCUT2D eigenvalue weighted by Crippen LogP contribution is -2.17. The Hall–Kier alpha value is -1.24. The van der Waals surface area contributed by atoms with Gasteiger partial charge in [0.05, 0.1) is 0 Å². The van der Waals surface area contributed by atoms with Crippen LogP contribution >= 0.6 is 0 Å². The Labute approximate surface area is 129 Å². The van der Waals surface area contributed by atoms with Gasteiger partial charge in [0.2, 0.25) is 0 Å². The van der Waals surface area contributed by atoms with E-state index in [1.165, 1.54) is 73.8 Å². The lowest BCUT2D eigenvalue weighted by atomic mass is 9.80. The van der Waals surface area contributed by atoms with Crippen molar-refractivity contribution in [3.63, 3.8) is 0 Å². The number of aryl methyl sites for hydroxylation is 2. The molecule has 1 aromatic rings. The van der Waals surface area contributed by atoms with E-state index in [9.17, 15) is 0 Å². The van der Waals surface area contributed by atoms with Crippen LogP contribution in [0.2, 0.25) is 0 Å². The molecule has 0 spiro atoms. The van der Waals surface area contributed by atoms with Crippen LogP contribution in [-0.2, 0) is 19.3 Å². The van der Waals surface area contributed by atoms with Crippen LogP contribution < -0.4 is 5.32 Å². The molecular formula is C20H29N. The zero-order valence-corrected chi connectivity index (χ0v) is 13.7. The Morgan fingerprint density at radius 3 is 2.76 bits per heavy atom. The zero-order chi connectivity index (χ0) is 14.8. The highest BCUT2D eigenvalue weighted by Gasteiger charge is 2.22. The largest absolute Gasteiger partial charge is 0.384 e. The molecule has 0 bridgehead atoms. The fourth-order valence-corrected chi connectivity index (χ4v) is 4.19. The minimum atomic E-state index is 0.917. The first-order valence-corrected chi connectivity index (χ1v) is 8.78. The predicted molar refractivity (Wildman–Crippen MR) is 93.0 cm³/mol. The second kappa shape index (κ2) is 6.25. The maximum Gasteiger partial charge on any atom is 0.0451 e. The molecule has 0 fully saturated rings. The van der Waals surface area contributed by atoms with Crippen molar-refractivity contribution in [1.82, 2.24) is 0 Å². The van der Waals surface area contributed by atoms with Crippen molar-refractivity contribution in [2.24, 2.45) is 5.92 Å². The molecule has 0 aromatic heterocycles. The van der Waals surface area contributed by atoms with Crippen LogP contribution in [0.4, 0.5) is 5.69 Å². The van der Waals surface area contributed by atoms with E-state index in [1.807, 2.05) is 0 Å². The van der Waals surface area contributed by atoms with Gasteiger partial charge in [0.1, 0.15) is 0 Å². The molecule has 0 amide bonds. The molecule has 1 aliphatic carbocycles. The number of rotatable bonds is 2. The number of anilines is 1. The van der Waals surface area contributed by atoms with Gasteiger partial charge in [-0.3, -0.25) is 0 Å². The number of hydrogen-bond acceptors (Lipinski definition) is 1. The average Bonchev–Trinajstić information content (AvgIpc) is 2.46. The summed E-state index contributed by atoms with van der Waals surface area (Å²) in [6.07, 6.45) is 10.4. The standard InChI is InChI=1S/C20H29N/c1-4-15-7-5-8-16-13-17-9-6-12-21-20(17)19(14(2)3)18(16)11-10-15/h13,15,21H,2,4-12H2,1,3H3. The zero-order valence-electron chi connectivity index (χ0n) is 13.7. The van der Waals surface area contributed by atoms with Crippen molar-refractivity contribution < 1.29 is 0 Å². The second-order valence-electron chi connectivity index (χ2n) is 6.94. The summed E-state index contributed by atoms with van der Waals surface area (Å²) in [7, 11) is 0. The van der Waals surface area contributed by atoms with E-state index < -0.39 is 0 Å². The maximum absolute atomic E-state index is 4.29. The Kier molecular flexibility index (Phi) is 4.37. The van der Waals surface area contributed by atoms with Crippen molar-refractivity contribution >= 4 is 11.3 Å². The van der Waals surface area contributed by atoms with Gasteiger partial charge < -0.3 is 5.32 Å². The third-order valence-corrected chi connectivity index (χ3v) is 5.40. The van der Waals surface area contributed by atoms with Gasteiger partial charge in [-0.1, -0.05) is 32.4 Å². The summed E-state index contributed by atoms with van der Waals surface area (Å²) >= 11 is 0. The topological polar surface area (TPSA) is 12.0 Å². The fraction of sp³-hybridized carbons (Fsp3) is 0.600. The van der Waals surface area contributed by atoms with E-state index in [0.29, 0.717) is 0 Å². The Balaban J connectivity index is 2.07. The van der Waals surface area contributed by atoms with Gasteiger partial charge in [-0.25, -0.2) is 0 Å². The second-order valence-corrected chi connectivity index (χ2v) is 6.94. The number of benzene rings is 1. The number of fused-ring (bicyclic) bond motifs is 2. The Morgan fingerprint density at radius 1 is 1.19 bits per heavy atom. The molecule has 1 unspecified atom stereocenters. The number of nitrogens with one attached hydrogen (secondary N) is 1. The summed E-state index contributed by atoms with van der Waals surface area (Å²) in [5.74, 6) is 0.917. The molecule has 1 atom stereocenters. The first-order valence-electron chi connectivity index (χ1n) is 8.78. The quantitative estimate of drug-likeness (QED) is 0.769. The summed E-state index contributed by atoms with van der Waals surface area (Å²) in [6.45, 7) is 9.94. The number of allylic oxidation sites excluding steroid dienone is 1. The van der Waals surface area contributed by atoms with Crippen LogP contribution in [0, 0.1) is 5.92 Å². The predicted octanol–water partition coefficient (Wildman–Crippen LogP) is 5.37. The first-order chi connectivity index (χ1) is 10.2. The Morgan fingerprint density at radius 2 is 2.00 bits per heavy atom. The van der Waals surface area contributed by atoms with E-state index in [4.69, 9.17) is 0 Å². The lowest BCUT2D eigenvalue weighted by molar-refractivity contribution is 0.415. The van der Waals surface area contributed by atoms with Gasteiger partial charge in [0, 0.05) is 17.8 Å². The van der Waals surface area contributed by atoms with Gasteiger partial charge in [-0.15, -0.1) is 0 Å². The molecule has 0 radical (unpaired) electrons. The lowest BCUT2D eigenvalue weighted by Gasteiger charge is -2.29. The van der Waals surface area contributed by atoms with Gasteiger partial charge in [-0.2, -0.15) is 0 Å². The average molecular weight is 283 g/mol. The molecule has 1 heterocycles. The van der Waals surface area contributed by atoms with Gasteiger partial charge in [0.15, 0.2) is 0 Å².